The van der Waals surface area contributed by atoms with Gasteiger partial charge >= 0.3 is 0 Å². The molecule has 2 fully saturated rings. The van der Waals surface area contributed by atoms with Gasteiger partial charge < -0.3 is 19.2 Å². The first-order valence-corrected chi connectivity index (χ1v) is 12.7. The zero-order valence-electron chi connectivity index (χ0n) is 20.8. The molecule has 0 radical (unpaired) electrons. The molecule has 1 N–H and O–H groups in total. The fraction of sp³-hybridized carbons (Fsp3) is 0.538. The predicted octanol–water partition coefficient (Wildman–Crippen LogP) is 3.22. The molecule has 1 aliphatic carbocycles. The number of aromatic nitrogens is 4. The van der Waals surface area contributed by atoms with Crippen molar-refractivity contribution in [2.24, 2.45) is 0 Å². The smallest absolute Gasteiger partial charge is 0.254 e. The number of methoxy groups -OCH3 is 1. The number of morpholine rings is 1. The van der Waals surface area contributed by atoms with Crippen molar-refractivity contribution in [1.82, 2.24) is 30.0 Å². The summed E-state index contributed by atoms with van der Waals surface area (Å²) in [5.74, 6) is 0.824. The van der Waals surface area contributed by atoms with Gasteiger partial charge in [0.1, 0.15) is 5.69 Å². The number of carbonyl (C=O) groups excluding carboxylic acids is 1. The summed E-state index contributed by atoms with van der Waals surface area (Å²) in [6, 6.07) is 5.41. The van der Waals surface area contributed by atoms with Crippen LogP contribution in [0.5, 0.6) is 0 Å². The van der Waals surface area contributed by atoms with E-state index >= 15 is 0 Å². The number of carbonyl (C=O) groups is 1. The molecule has 0 spiro atoms. The Kier molecular flexibility index (Phi) is 7.74. The fourth-order valence-electron chi connectivity index (χ4n) is 5.39. The number of furan rings is 1. The van der Waals surface area contributed by atoms with E-state index < -0.39 is 0 Å². The van der Waals surface area contributed by atoms with Crippen LogP contribution in [0.15, 0.2) is 41.3 Å². The van der Waals surface area contributed by atoms with Crippen molar-refractivity contribution >= 4 is 5.91 Å². The maximum absolute atomic E-state index is 13.5. The molecule has 1 saturated heterocycles. The van der Waals surface area contributed by atoms with Gasteiger partial charge in [0, 0.05) is 38.5 Å². The topological polar surface area (TPSA) is 108 Å². The Labute approximate surface area is 211 Å². The Morgan fingerprint density at radius 3 is 2.69 bits per heavy atom. The summed E-state index contributed by atoms with van der Waals surface area (Å²) in [6.45, 7) is 4.12. The molecule has 10 nitrogen and oxygen atoms in total. The summed E-state index contributed by atoms with van der Waals surface area (Å²) >= 11 is 0. The average Bonchev–Trinajstić information content (AvgIpc) is 3.54. The molecule has 1 aliphatic heterocycles. The van der Waals surface area contributed by atoms with Crippen LogP contribution in [0, 0.1) is 0 Å². The van der Waals surface area contributed by atoms with Crippen LogP contribution >= 0.6 is 0 Å². The molecule has 4 heterocycles. The van der Waals surface area contributed by atoms with E-state index in [9.17, 15) is 4.79 Å². The normalized spacial score (nSPS) is 18.6. The third-order valence-corrected chi connectivity index (χ3v) is 7.29. The van der Waals surface area contributed by atoms with Gasteiger partial charge in [-0.2, -0.15) is 9.78 Å². The van der Waals surface area contributed by atoms with Gasteiger partial charge in [-0.3, -0.25) is 9.69 Å². The van der Waals surface area contributed by atoms with E-state index in [2.05, 4.69) is 25.3 Å². The van der Waals surface area contributed by atoms with Gasteiger partial charge in [-0.25, -0.2) is 9.97 Å². The second-order valence-electron chi connectivity index (χ2n) is 9.49. The highest BCUT2D eigenvalue weighted by Gasteiger charge is 2.38. The molecule has 0 bridgehead atoms. The summed E-state index contributed by atoms with van der Waals surface area (Å²) < 4.78 is 18.1. The molecule has 0 atom stereocenters. The average molecular weight is 495 g/mol. The minimum atomic E-state index is -0.160. The van der Waals surface area contributed by atoms with E-state index in [1.807, 2.05) is 12.1 Å². The van der Waals surface area contributed by atoms with Crippen LogP contribution in [0.1, 0.15) is 54.6 Å². The Morgan fingerprint density at radius 2 is 1.97 bits per heavy atom. The lowest BCUT2D eigenvalue weighted by Crippen LogP contribution is -2.58. The van der Waals surface area contributed by atoms with E-state index in [4.69, 9.17) is 13.9 Å². The minimum Gasteiger partial charge on any atom is -0.463 e. The van der Waals surface area contributed by atoms with Crippen molar-refractivity contribution in [3.8, 4) is 17.4 Å². The third-order valence-electron chi connectivity index (χ3n) is 7.29. The van der Waals surface area contributed by atoms with Crippen LogP contribution < -0.4 is 5.32 Å². The first kappa shape index (κ1) is 24.6. The lowest BCUT2D eigenvalue weighted by molar-refractivity contribution is -0.0281. The van der Waals surface area contributed by atoms with Gasteiger partial charge in [-0.05, 0) is 31.0 Å². The molecule has 5 rings (SSSR count). The van der Waals surface area contributed by atoms with Gasteiger partial charge in [0.05, 0.1) is 43.5 Å². The second-order valence-corrected chi connectivity index (χ2v) is 9.49. The third kappa shape index (κ3) is 5.21. The highest BCUT2D eigenvalue weighted by molar-refractivity contribution is 5.95. The summed E-state index contributed by atoms with van der Waals surface area (Å²) in [5.41, 5.74) is 1.67. The molecule has 0 unspecified atom stereocenters. The number of hydrogen-bond donors (Lipinski definition) is 1. The van der Waals surface area contributed by atoms with Gasteiger partial charge in [0.2, 0.25) is 0 Å². The maximum atomic E-state index is 13.5. The van der Waals surface area contributed by atoms with Crippen molar-refractivity contribution in [1.29, 1.82) is 0 Å². The zero-order valence-corrected chi connectivity index (χ0v) is 20.8. The summed E-state index contributed by atoms with van der Waals surface area (Å²) in [4.78, 5) is 25.0. The van der Waals surface area contributed by atoms with Gasteiger partial charge in [-0.1, -0.05) is 25.7 Å². The maximum Gasteiger partial charge on any atom is 0.254 e. The van der Waals surface area contributed by atoms with Crippen molar-refractivity contribution in [2.75, 3.05) is 40.0 Å². The Balaban J connectivity index is 1.38. The second kappa shape index (κ2) is 11.3. The van der Waals surface area contributed by atoms with E-state index in [-0.39, 0.29) is 18.1 Å². The Morgan fingerprint density at radius 1 is 1.17 bits per heavy atom. The Hall–Kier alpha value is -3.08. The minimum absolute atomic E-state index is 0.0339. The lowest BCUT2D eigenvalue weighted by atomic mass is 9.87. The number of amides is 1. The summed E-state index contributed by atoms with van der Waals surface area (Å²) in [7, 11) is 1.60. The number of ether oxygens (including phenoxy) is 2. The van der Waals surface area contributed by atoms with Crippen LogP contribution in [0.25, 0.3) is 17.4 Å². The lowest BCUT2D eigenvalue weighted by Gasteiger charge is -2.45. The molecule has 0 aromatic carbocycles. The van der Waals surface area contributed by atoms with Crippen molar-refractivity contribution in [3.05, 3.63) is 48.1 Å². The molecule has 1 saturated carbocycles. The molecule has 10 heteroatoms. The number of hydrogen-bond acceptors (Lipinski definition) is 8. The number of nitrogens with one attached hydrogen (secondary N) is 1. The first-order chi connectivity index (χ1) is 17.7. The summed E-state index contributed by atoms with van der Waals surface area (Å²) in [5, 5.41) is 7.70. The van der Waals surface area contributed by atoms with Gasteiger partial charge in [0.15, 0.2) is 5.76 Å². The molecule has 3 aromatic rings. The summed E-state index contributed by atoms with van der Waals surface area (Å²) in [6.07, 6.45) is 11.9. The van der Waals surface area contributed by atoms with Gasteiger partial charge in [-0.15, -0.1) is 0 Å². The SMILES string of the molecule is COCc1c(C(=O)NCC2(N3CCOCC3)CCCCCC2)cnn1-c1nccc(-c2ccco2)n1. The quantitative estimate of drug-likeness (QED) is 0.476. The molecule has 192 valence electrons. The molecule has 3 aromatic heterocycles. The van der Waals surface area contributed by atoms with Crippen LogP contribution in [-0.4, -0.2) is 76.1 Å². The largest absolute Gasteiger partial charge is 0.463 e. The fourth-order valence-corrected chi connectivity index (χ4v) is 5.39. The first-order valence-electron chi connectivity index (χ1n) is 12.7. The number of rotatable bonds is 8. The van der Waals surface area contributed by atoms with Crippen molar-refractivity contribution in [2.45, 2.75) is 50.7 Å². The number of nitrogens with zero attached hydrogens (tertiary/aromatic N) is 5. The highest BCUT2D eigenvalue weighted by Crippen LogP contribution is 2.33. The van der Waals surface area contributed by atoms with Crippen molar-refractivity contribution in [3.63, 3.8) is 0 Å². The standard InChI is InChI=1S/C26H34N6O4/c1-34-18-22-20(17-29-32(22)25-27-11-8-21(30-25)23-7-6-14-36-23)24(33)28-19-26(9-4-2-3-5-10-26)31-12-15-35-16-13-31/h6-8,11,14,17H,2-5,9-10,12-13,15-16,18-19H2,1H3,(H,28,33). The van der Waals surface area contributed by atoms with Crippen LogP contribution in [0.4, 0.5) is 0 Å². The highest BCUT2D eigenvalue weighted by atomic mass is 16.5. The molecule has 2 aliphatic rings. The predicted molar refractivity (Wildman–Crippen MR) is 133 cm³/mol. The van der Waals surface area contributed by atoms with E-state index in [1.54, 1.807) is 36.5 Å². The van der Waals surface area contributed by atoms with Gasteiger partial charge in [0.25, 0.3) is 11.9 Å². The van der Waals surface area contributed by atoms with E-state index in [0.717, 1.165) is 39.1 Å². The van der Waals surface area contributed by atoms with E-state index in [0.29, 0.717) is 35.2 Å². The van der Waals surface area contributed by atoms with Crippen LogP contribution in [-0.2, 0) is 16.1 Å². The molecule has 36 heavy (non-hydrogen) atoms. The zero-order chi connectivity index (χ0) is 24.8. The monoisotopic (exact) mass is 494 g/mol. The van der Waals surface area contributed by atoms with Crippen LogP contribution in [0.3, 0.4) is 0 Å². The van der Waals surface area contributed by atoms with E-state index in [1.165, 1.54) is 25.7 Å². The Bertz CT molecular complexity index is 1130. The molecular weight excluding hydrogens is 460 g/mol. The molecule has 1 amide bonds. The van der Waals surface area contributed by atoms with Crippen LogP contribution in [0.2, 0.25) is 0 Å². The molecular formula is C26H34N6O4. The van der Waals surface area contributed by atoms with Crippen molar-refractivity contribution < 1.29 is 18.7 Å².